The fourth-order valence-electron chi connectivity index (χ4n) is 5.07. The number of nitrogens with two attached hydrogens (primary N) is 1. The number of non-ortho nitro benzene ring substituents is 1. The number of nitrogens with zero attached hydrogens (tertiary/aromatic N) is 3. The summed E-state index contributed by atoms with van der Waals surface area (Å²) in [5.74, 6) is -1.15. The Hall–Kier alpha value is -3.96. The maximum absolute atomic E-state index is 11.8. The molecule has 0 heterocycles. The summed E-state index contributed by atoms with van der Waals surface area (Å²) < 4.78 is 0. The molecule has 0 saturated carbocycles. The first-order valence-corrected chi connectivity index (χ1v) is 13.4. The van der Waals surface area contributed by atoms with Crippen molar-refractivity contribution in [3.63, 3.8) is 0 Å². The number of nitro benzene ring substituents is 1. The van der Waals surface area contributed by atoms with Crippen LogP contribution in [0, 0.1) is 10.1 Å². The highest BCUT2D eigenvalue weighted by atomic mass is 16.7. The Morgan fingerprint density at radius 3 is 2.23 bits per heavy atom. The van der Waals surface area contributed by atoms with Gasteiger partial charge in [-0.05, 0) is 60.7 Å². The molecule has 40 heavy (non-hydrogen) atoms. The van der Waals surface area contributed by atoms with E-state index in [9.17, 15) is 19.7 Å². The van der Waals surface area contributed by atoms with Crippen LogP contribution in [0.1, 0.15) is 83.4 Å². The van der Waals surface area contributed by atoms with Crippen molar-refractivity contribution in [1.29, 1.82) is 0 Å². The molecule has 0 aliphatic heterocycles. The van der Waals surface area contributed by atoms with Gasteiger partial charge in [0.15, 0.2) is 0 Å². The number of nitro groups is 1. The van der Waals surface area contributed by atoms with Gasteiger partial charge in [0.05, 0.1) is 21.9 Å². The van der Waals surface area contributed by atoms with Crippen LogP contribution in [0.3, 0.4) is 0 Å². The van der Waals surface area contributed by atoms with Crippen molar-refractivity contribution >= 4 is 29.0 Å². The van der Waals surface area contributed by atoms with Gasteiger partial charge in [0, 0.05) is 44.0 Å². The molecule has 2 aromatic rings. The lowest BCUT2D eigenvalue weighted by Crippen LogP contribution is -2.55. The van der Waals surface area contributed by atoms with Crippen molar-refractivity contribution in [3.8, 4) is 11.1 Å². The zero-order chi connectivity index (χ0) is 29.4. The van der Waals surface area contributed by atoms with Crippen molar-refractivity contribution in [1.82, 2.24) is 5.32 Å². The molecule has 3 N–H and O–H groups in total. The zero-order valence-electron chi connectivity index (χ0n) is 23.7. The normalized spacial score (nSPS) is 17.1. The smallest absolute Gasteiger partial charge is 0.326 e. The Morgan fingerprint density at radius 1 is 1.00 bits per heavy atom. The van der Waals surface area contributed by atoms with Crippen LogP contribution in [0.2, 0.25) is 0 Å². The van der Waals surface area contributed by atoms with Crippen LogP contribution in [-0.4, -0.2) is 40.9 Å². The Morgan fingerprint density at radius 2 is 1.62 bits per heavy atom. The minimum atomic E-state index is -0.898. The first kappa shape index (κ1) is 30.6. The van der Waals surface area contributed by atoms with Crippen LogP contribution in [-0.2, 0) is 24.8 Å². The summed E-state index contributed by atoms with van der Waals surface area (Å²) in [5, 5.41) is 23.4. The highest BCUT2D eigenvalue weighted by Gasteiger charge is 2.48. The fourth-order valence-corrected chi connectivity index (χ4v) is 5.07. The summed E-state index contributed by atoms with van der Waals surface area (Å²) in [6.07, 6.45) is 3.48. The number of benzene rings is 2. The van der Waals surface area contributed by atoms with Gasteiger partial charge in [0.1, 0.15) is 0 Å². The molecule has 214 valence electrons. The molecule has 0 fully saturated rings. The van der Waals surface area contributed by atoms with Crippen LogP contribution in [0.4, 0.5) is 5.69 Å². The Balaban J connectivity index is 2.25. The number of rotatable bonds is 13. The lowest BCUT2D eigenvalue weighted by atomic mass is 9.78. The van der Waals surface area contributed by atoms with Crippen LogP contribution in [0.15, 0.2) is 46.7 Å². The highest BCUT2D eigenvalue weighted by Crippen LogP contribution is 2.51. The Bertz CT molecular complexity index is 1340. The van der Waals surface area contributed by atoms with Crippen molar-refractivity contribution in [2.24, 2.45) is 16.0 Å². The summed E-state index contributed by atoms with van der Waals surface area (Å²) in [6.45, 7) is 8.97. The third kappa shape index (κ3) is 6.60. The zero-order valence-corrected chi connectivity index (χ0v) is 23.7. The topological polar surface area (TPSA) is 159 Å². The van der Waals surface area contributed by atoms with Crippen LogP contribution in [0.5, 0.6) is 0 Å². The quantitative estimate of drug-likeness (QED) is 0.117. The molecule has 0 radical (unpaired) electrons. The van der Waals surface area contributed by atoms with E-state index in [4.69, 9.17) is 15.4 Å². The molecule has 2 unspecified atom stereocenters. The Kier molecular flexibility index (Phi) is 10.2. The second kappa shape index (κ2) is 13.4. The number of carbonyl (C=O) groups excluding carboxylic acids is 2. The molecule has 0 saturated heterocycles. The first-order valence-electron chi connectivity index (χ1n) is 13.4. The lowest BCUT2D eigenvalue weighted by molar-refractivity contribution is -0.384. The number of hydrogen-bond acceptors (Lipinski definition) is 10. The van der Waals surface area contributed by atoms with E-state index in [1.165, 1.54) is 19.9 Å². The summed E-state index contributed by atoms with van der Waals surface area (Å²) >= 11 is 0. The van der Waals surface area contributed by atoms with Gasteiger partial charge in [0.25, 0.3) is 5.69 Å². The monoisotopic (exact) mass is 551 g/mol. The highest BCUT2D eigenvalue weighted by molar-refractivity contribution is 6.12. The predicted molar refractivity (Wildman–Crippen MR) is 153 cm³/mol. The largest absolute Gasteiger partial charge is 0.331 e. The second-order valence-corrected chi connectivity index (χ2v) is 9.94. The maximum Gasteiger partial charge on any atom is 0.331 e. The van der Waals surface area contributed by atoms with E-state index in [2.05, 4.69) is 29.5 Å². The maximum atomic E-state index is 11.8. The van der Waals surface area contributed by atoms with Crippen molar-refractivity contribution in [3.05, 3.63) is 63.2 Å². The van der Waals surface area contributed by atoms with E-state index in [1.807, 2.05) is 18.2 Å². The molecule has 0 amide bonds. The molecule has 11 heteroatoms. The molecule has 0 bridgehead atoms. The molecule has 2 atom stereocenters. The Labute approximate surface area is 233 Å². The number of fused-ring (bicyclic) bond motifs is 3. The average molecular weight is 552 g/mol. The molecule has 1 aliphatic carbocycles. The minimum absolute atomic E-state index is 0.00781. The standard InChI is InChI=1S/C29H37N5O6/c1-6-8-14-31-29(28(30)9-7-2)25-16-21(27(33-40-20(5)36)15-18(3)32-39-19(4)35)10-12-23(25)24-13-11-22(34(37)38)17-26(24)29/h10-13,16-17,28,31H,6-9,14-15,30H2,1-5H3/b32-18+,33-27-. The molecule has 0 spiro atoms. The van der Waals surface area contributed by atoms with E-state index in [0.29, 0.717) is 30.0 Å². The van der Waals surface area contributed by atoms with Gasteiger partial charge in [-0.2, -0.15) is 0 Å². The fraction of sp³-hybridized carbons (Fsp3) is 0.448. The van der Waals surface area contributed by atoms with Gasteiger partial charge in [0.2, 0.25) is 0 Å². The second-order valence-electron chi connectivity index (χ2n) is 9.94. The van der Waals surface area contributed by atoms with E-state index in [-0.39, 0.29) is 12.1 Å². The van der Waals surface area contributed by atoms with Crippen LogP contribution in [0.25, 0.3) is 11.1 Å². The molecule has 11 nitrogen and oxygen atoms in total. The van der Waals surface area contributed by atoms with Gasteiger partial charge in [-0.1, -0.05) is 49.1 Å². The van der Waals surface area contributed by atoms with E-state index in [1.54, 1.807) is 19.1 Å². The van der Waals surface area contributed by atoms with Crippen molar-refractivity contribution in [2.45, 2.75) is 78.3 Å². The van der Waals surface area contributed by atoms with E-state index < -0.39 is 28.4 Å². The van der Waals surface area contributed by atoms with Crippen molar-refractivity contribution < 1.29 is 24.2 Å². The summed E-state index contributed by atoms with van der Waals surface area (Å²) in [4.78, 5) is 44.0. The SMILES string of the molecule is CCCCNC1(C(N)CCC)c2cc(/C(C/C(C)=N/OC(C)=O)=N\OC(C)=O)ccc2-c2ccc([N+](=O)[O-])cc21. The van der Waals surface area contributed by atoms with Gasteiger partial charge < -0.3 is 20.7 Å². The van der Waals surface area contributed by atoms with Crippen LogP contribution >= 0.6 is 0 Å². The van der Waals surface area contributed by atoms with E-state index >= 15 is 0 Å². The number of hydrogen-bond donors (Lipinski definition) is 2. The van der Waals surface area contributed by atoms with Gasteiger partial charge in [-0.3, -0.25) is 10.1 Å². The minimum Gasteiger partial charge on any atom is -0.326 e. The third-order valence-electron chi connectivity index (χ3n) is 6.83. The number of unbranched alkanes of at least 4 members (excludes halogenated alkanes) is 1. The molecule has 0 aromatic heterocycles. The van der Waals surface area contributed by atoms with Crippen molar-refractivity contribution in [2.75, 3.05) is 6.54 Å². The predicted octanol–water partition coefficient (Wildman–Crippen LogP) is 4.93. The summed E-state index contributed by atoms with van der Waals surface area (Å²) in [7, 11) is 0. The van der Waals surface area contributed by atoms with Gasteiger partial charge in [-0.15, -0.1) is 0 Å². The number of carbonyl (C=O) groups is 2. The van der Waals surface area contributed by atoms with E-state index in [0.717, 1.165) is 41.5 Å². The first-order chi connectivity index (χ1) is 19.0. The average Bonchev–Trinajstić information content (AvgIpc) is 3.19. The summed E-state index contributed by atoms with van der Waals surface area (Å²) in [5.41, 5.74) is 10.9. The lowest BCUT2D eigenvalue weighted by Gasteiger charge is -2.39. The van der Waals surface area contributed by atoms with Crippen LogP contribution < -0.4 is 11.1 Å². The summed E-state index contributed by atoms with van der Waals surface area (Å²) in [6, 6.07) is 10.2. The molecular formula is C29H37N5O6. The number of nitrogens with one attached hydrogen (secondary N) is 1. The molecule has 1 aliphatic rings. The molecule has 3 rings (SSSR count). The van der Waals surface area contributed by atoms with Gasteiger partial charge in [-0.25, -0.2) is 9.59 Å². The third-order valence-corrected chi connectivity index (χ3v) is 6.83. The van der Waals surface area contributed by atoms with Gasteiger partial charge >= 0.3 is 11.9 Å². The molecule has 2 aromatic carbocycles. The number of oxime groups is 2. The molecular weight excluding hydrogens is 514 g/mol.